The van der Waals surface area contributed by atoms with E-state index in [4.69, 9.17) is 5.73 Å². The van der Waals surface area contributed by atoms with Gasteiger partial charge in [-0.25, -0.2) is 0 Å². The van der Waals surface area contributed by atoms with Crippen LogP contribution in [0.2, 0.25) is 0 Å². The Morgan fingerprint density at radius 2 is 2.33 bits per heavy atom. The average Bonchev–Trinajstić information content (AvgIpc) is 2.74. The summed E-state index contributed by atoms with van der Waals surface area (Å²) < 4.78 is 1.11. The number of nitrogens with two attached hydrogens (primary N) is 1. The third-order valence-electron chi connectivity index (χ3n) is 3.13. The normalized spacial score (nSPS) is 23.0. The molecule has 0 bridgehead atoms. The van der Waals surface area contributed by atoms with E-state index in [1.165, 1.54) is 24.0 Å². The summed E-state index contributed by atoms with van der Waals surface area (Å²) in [6.45, 7) is 3.22. The molecule has 3 heteroatoms. The van der Waals surface area contributed by atoms with Gasteiger partial charge in [0, 0.05) is 16.6 Å². The fraction of sp³-hybridized carbons (Fsp3) is 0.500. The number of aryl methyl sites for hydroxylation is 1. The van der Waals surface area contributed by atoms with Gasteiger partial charge in [0.1, 0.15) is 0 Å². The Labute approximate surface area is 99.4 Å². The Morgan fingerprint density at radius 3 is 3.00 bits per heavy atom. The molecule has 2 unspecified atom stereocenters. The Morgan fingerprint density at radius 1 is 1.53 bits per heavy atom. The van der Waals surface area contributed by atoms with Gasteiger partial charge in [-0.2, -0.15) is 0 Å². The Hall–Kier alpha value is -0.380. The highest BCUT2D eigenvalue weighted by Gasteiger charge is 2.23. The van der Waals surface area contributed by atoms with Gasteiger partial charge in [-0.15, -0.1) is 0 Å². The van der Waals surface area contributed by atoms with E-state index in [-0.39, 0.29) is 6.04 Å². The molecule has 2 rings (SSSR count). The van der Waals surface area contributed by atoms with E-state index in [0.717, 1.165) is 11.0 Å². The molecule has 1 heterocycles. The predicted molar refractivity (Wildman–Crippen MR) is 66.8 cm³/mol. The minimum absolute atomic E-state index is 0.116. The molecule has 2 nitrogen and oxygen atoms in total. The third kappa shape index (κ3) is 2.41. The van der Waals surface area contributed by atoms with E-state index in [2.05, 4.69) is 46.4 Å². The Bertz CT molecular complexity index is 345. The summed E-state index contributed by atoms with van der Waals surface area (Å²) >= 11 is 3.50. The summed E-state index contributed by atoms with van der Waals surface area (Å²) in [7, 11) is 0. The van der Waals surface area contributed by atoms with Crippen molar-refractivity contribution in [3.8, 4) is 0 Å². The van der Waals surface area contributed by atoms with E-state index in [1.807, 2.05) is 0 Å². The van der Waals surface area contributed by atoms with Crippen LogP contribution < -0.4 is 11.1 Å². The van der Waals surface area contributed by atoms with Crippen LogP contribution in [0.25, 0.3) is 0 Å². The van der Waals surface area contributed by atoms with Crippen molar-refractivity contribution in [1.82, 2.24) is 5.32 Å². The first kappa shape index (κ1) is 11.1. The predicted octanol–water partition coefficient (Wildman–Crippen LogP) is 2.51. The smallest absolute Gasteiger partial charge is 0.0453 e. The quantitative estimate of drug-likeness (QED) is 0.865. The fourth-order valence-electron chi connectivity index (χ4n) is 2.21. The third-order valence-corrected chi connectivity index (χ3v) is 3.63. The van der Waals surface area contributed by atoms with Gasteiger partial charge >= 0.3 is 0 Å². The van der Waals surface area contributed by atoms with Crippen LogP contribution in [-0.2, 0) is 0 Å². The molecule has 15 heavy (non-hydrogen) atoms. The number of hydrogen-bond acceptors (Lipinski definition) is 2. The van der Waals surface area contributed by atoms with E-state index in [9.17, 15) is 0 Å². The largest absolute Gasteiger partial charge is 0.323 e. The highest BCUT2D eigenvalue weighted by atomic mass is 79.9. The van der Waals surface area contributed by atoms with E-state index in [0.29, 0.717) is 6.04 Å². The standard InChI is InChI=1S/C12H17BrN2/c1-8-4-5-9(13)7-10(8)12(14)11-3-2-6-15-11/h4-5,7,11-12,15H,2-3,6,14H2,1H3. The van der Waals surface area contributed by atoms with Crippen LogP contribution in [0.4, 0.5) is 0 Å². The number of hydrogen-bond donors (Lipinski definition) is 2. The molecule has 0 spiro atoms. The molecule has 3 N–H and O–H groups in total. The van der Waals surface area contributed by atoms with Crippen molar-refractivity contribution in [3.63, 3.8) is 0 Å². The SMILES string of the molecule is Cc1ccc(Br)cc1C(N)C1CCCN1. The highest BCUT2D eigenvalue weighted by molar-refractivity contribution is 9.10. The minimum Gasteiger partial charge on any atom is -0.323 e. The Kier molecular flexibility index (Phi) is 3.44. The van der Waals surface area contributed by atoms with Crippen molar-refractivity contribution in [1.29, 1.82) is 0 Å². The zero-order chi connectivity index (χ0) is 10.8. The monoisotopic (exact) mass is 268 g/mol. The second-order valence-corrected chi connectivity index (χ2v) is 5.15. The summed E-state index contributed by atoms with van der Waals surface area (Å²) in [5.74, 6) is 0. The highest BCUT2D eigenvalue weighted by Crippen LogP contribution is 2.26. The second kappa shape index (κ2) is 4.64. The lowest BCUT2D eigenvalue weighted by atomic mass is 9.95. The second-order valence-electron chi connectivity index (χ2n) is 4.23. The number of benzene rings is 1. The molecule has 1 aliphatic rings. The van der Waals surface area contributed by atoms with Gasteiger partial charge < -0.3 is 11.1 Å². The molecule has 1 aromatic carbocycles. The van der Waals surface area contributed by atoms with Gasteiger partial charge in [-0.05, 0) is 49.6 Å². The zero-order valence-electron chi connectivity index (χ0n) is 8.96. The van der Waals surface area contributed by atoms with Gasteiger partial charge in [0.05, 0.1) is 0 Å². The summed E-state index contributed by atoms with van der Waals surface area (Å²) in [6, 6.07) is 6.88. The van der Waals surface area contributed by atoms with E-state index < -0.39 is 0 Å². The Balaban J connectivity index is 2.23. The molecule has 0 amide bonds. The van der Waals surface area contributed by atoms with Crippen LogP contribution in [0, 0.1) is 6.92 Å². The number of nitrogens with one attached hydrogen (secondary N) is 1. The minimum atomic E-state index is 0.116. The molecule has 0 aromatic heterocycles. The van der Waals surface area contributed by atoms with Crippen molar-refractivity contribution >= 4 is 15.9 Å². The molecular formula is C12H17BrN2. The molecular weight excluding hydrogens is 252 g/mol. The van der Waals surface area contributed by atoms with Crippen LogP contribution in [0.1, 0.15) is 30.0 Å². The molecule has 2 atom stereocenters. The first-order valence-corrected chi connectivity index (χ1v) is 6.23. The topological polar surface area (TPSA) is 38.0 Å². The first-order chi connectivity index (χ1) is 7.18. The van der Waals surface area contributed by atoms with Gasteiger partial charge in [-0.3, -0.25) is 0 Å². The maximum atomic E-state index is 6.29. The lowest BCUT2D eigenvalue weighted by Crippen LogP contribution is -2.34. The van der Waals surface area contributed by atoms with Gasteiger partial charge in [0.15, 0.2) is 0 Å². The summed E-state index contributed by atoms with van der Waals surface area (Å²) in [4.78, 5) is 0. The zero-order valence-corrected chi connectivity index (χ0v) is 10.5. The van der Waals surface area contributed by atoms with Crippen LogP contribution in [0.5, 0.6) is 0 Å². The number of rotatable bonds is 2. The van der Waals surface area contributed by atoms with Crippen molar-refractivity contribution < 1.29 is 0 Å². The fourth-order valence-corrected chi connectivity index (χ4v) is 2.58. The van der Waals surface area contributed by atoms with Gasteiger partial charge in [0.2, 0.25) is 0 Å². The maximum absolute atomic E-state index is 6.29. The molecule has 82 valence electrons. The van der Waals surface area contributed by atoms with Crippen LogP contribution in [-0.4, -0.2) is 12.6 Å². The van der Waals surface area contributed by atoms with E-state index >= 15 is 0 Å². The first-order valence-electron chi connectivity index (χ1n) is 5.43. The van der Waals surface area contributed by atoms with Crippen molar-refractivity contribution in [2.45, 2.75) is 31.8 Å². The van der Waals surface area contributed by atoms with Crippen molar-refractivity contribution in [3.05, 3.63) is 33.8 Å². The van der Waals surface area contributed by atoms with Gasteiger partial charge in [0.25, 0.3) is 0 Å². The molecule has 1 saturated heterocycles. The number of halogens is 1. The lowest BCUT2D eigenvalue weighted by molar-refractivity contribution is 0.499. The van der Waals surface area contributed by atoms with Crippen molar-refractivity contribution in [2.75, 3.05) is 6.54 Å². The molecule has 0 saturated carbocycles. The summed E-state index contributed by atoms with van der Waals surface area (Å²) in [5.41, 5.74) is 8.82. The summed E-state index contributed by atoms with van der Waals surface area (Å²) in [5, 5.41) is 3.46. The van der Waals surface area contributed by atoms with Gasteiger partial charge in [-0.1, -0.05) is 22.0 Å². The molecule has 1 fully saturated rings. The van der Waals surface area contributed by atoms with E-state index in [1.54, 1.807) is 0 Å². The molecule has 1 aromatic rings. The maximum Gasteiger partial charge on any atom is 0.0453 e. The summed E-state index contributed by atoms with van der Waals surface area (Å²) in [6.07, 6.45) is 2.43. The molecule has 1 aliphatic heterocycles. The van der Waals surface area contributed by atoms with Crippen molar-refractivity contribution in [2.24, 2.45) is 5.73 Å². The average molecular weight is 269 g/mol. The molecule has 0 radical (unpaired) electrons. The van der Waals surface area contributed by atoms with Crippen LogP contribution in [0.15, 0.2) is 22.7 Å². The van der Waals surface area contributed by atoms with Crippen LogP contribution in [0.3, 0.4) is 0 Å². The van der Waals surface area contributed by atoms with Crippen LogP contribution >= 0.6 is 15.9 Å². The molecule has 0 aliphatic carbocycles. The lowest BCUT2D eigenvalue weighted by Gasteiger charge is -2.21.